The summed E-state index contributed by atoms with van der Waals surface area (Å²) < 4.78 is 1.77. The van der Waals surface area contributed by atoms with E-state index < -0.39 is 0 Å². The van der Waals surface area contributed by atoms with Crippen molar-refractivity contribution in [2.75, 3.05) is 6.54 Å². The Balaban J connectivity index is 2.04. The zero-order chi connectivity index (χ0) is 13.7. The predicted octanol–water partition coefficient (Wildman–Crippen LogP) is 2.29. The van der Waals surface area contributed by atoms with Crippen LogP contribution >= 0.6 is 0 Å². The molecular formula is C14H21N5. The lowest BCUT2D eigenvalue weighted by atomic mass is 10.1. The molecule has 0 aliphatic heterocycles. The van der Waals surface area contributed by atoms with Crippen LogP contribution in [0.5, 0.6) is 0 Å². The molecule has 19 heavy (non-hydrogen) atoms. The van der Waals surface area contributed by atoms with Crippen molar-refractivity contribution in [1.82, 2.24) is 25.3 Å². The monoisotopic (exact) mass is 259 g/mol. The van der Waals surface area contributed by atoms with Crippen LogP contribution in [0.15, 0.2) is 24.4 Å². The molecule has 102 valence electrons. The first kappa shape index (κ1) is 13.7. The van der Waals surface area contributed by atoms with E-state index in [1.807, 2.05) is 24.4 Å². The van der Waals surface area contributed by atoms with Crippen LogP contribution < -0.4 is 5.32 Å². The Hall–Kier alpha value is -1.75. The van der Waals surface area contributed by atoms with Crippen LogP contribution in [0.25, 0.3) is 5.82 Å². The van der Waals surface area contributed by atoms with Gasteiger partial charge in [-0.25, -0.2) is 4.68 Å². The van der Waals surface area contributed by atoms with Gasteiger partial charge in [0.2, 0.25) is 0 Å². The van der Waals surface area contributed by atoms with Crippen LogP contribution in [0.1, 0.15) is 44.5 Å². The Bertz CT molecular complexity index is 501. The fourth-order valence-corrected chi connectivity index (χ4v) is 1.74. The van der Waals surface area contributed by atoms with Gasteiger partial charge in [0.05, 0.1) is 11.4 Å². The molecule has 0 atom stereocenters. The molecule has 0 unspecified atom stereocenters. The maximum atomic E-state index is 4.48. The molecule has 2 aromatic heterocycles. The van der Waals surface area contributed by atoms with Gasteiger partial charge in [0.25, 0.3) is 0 Å². The van der Waals surface area contributed by atoms with Crippen LogP contribution in [0.3, 0.4) is 0 Å². The molecule has 0 bridgehead atoms. The summed E-state index contributed by atoms with van der Waals surface area (Å²) in [5.74, 6) is 1.18. The van der Waals surface area contributed by atoms with Crippen LogP contribution in [-0.4, -0.2) is 26.5 Å². The fourth-order valence-electron chi connectivity index (χ4n) is 1.74. The van der Waals surface area contributed by atoms with E-state index in [0.717, 1.165) is 36.7 Å². The topological polar surface area (TPSA) is 55.6 Å². The summed E-state index contributed by atoms with van der Waals surface area (Å²) in [6, 6.07) is 5.96. The van der Waals surface area contributed by atoms with Gasteiger partial charge in [0.15, 0.2) is 5.82 Å². The summed E-state index contributed by atoms with van der Waals surface area (Å²) in [6.45, 7) is 8.16. The van der Waals surface area contributed by atoms with E-state index in [2.05, 4.69) is 41.4 Å². The third kappa shape index (κ3) is 3.61. The standard InChI is InChI=1S/C14H21N5/c1-4-8-15-10-12-5-6-14(17-16-12)19-9-7-13(18-19)11(2)3/h5-7,9,11,15H,4,8,10H2,1-3H3. The molecule has 2 rings (SSSR count). The first-order valence-corrected chi connectivity index (χ1v) is 6.80. The third-order valence-electron chi connectivity index (χ3n) is 2.87. The van der Waals surface area contributed by atoms with Gasteiger partial charge in [-0.15, -0.1) is 5.10 Å². The SMILES string of the molecule is CCCNCc1ccc(-n2ccc(C(C)C)n2)nn1. The van der Waals surface area contributed by atoms with Gasteiger partial charge in [0, 0.05) is 12.7 Å². The third-order valence-corrected chi connectivity index (χ3v) is 2.87. The van der Waals surface area contributed by atoms with Gasteiger partial charge in [-0.05, 0) is 37.1 Å². The van der Waals surface area contributed by atoms with Crippen molar-refractivity contribution < 1.29 is 0 Å². The van der Waals surface area contributed by atoms with Gasteiger partial charge < -0.3 is 5.32 Å². The van der Waals surface area contributed by atoms with Crippen molar-refractivity contribution in [2.24, 2.45) is 0 Å². The first-order valence-electron chi connectivity index (χ1n) is 6.80. The minimum absolute atomic E-state index is 0.423. The van der Waals surface area contributed by atoms with Gasteiger partial charge in [-0.1, -0.05) is 20.8 Å². The molecule has 2 aromatic rings. The van der Waals surface area contributed by atoms with E-state index in [1.165, 1.54) is 0 Å². The second kappa shape index (κ2) is 6.43. The van der Waals surface area contributed by atoms with Crippen LogP contribution in [0.2, 0.25) is 0 Å². The number of aromatic nitrogens is 4. The first-order chi connectivity index (χ1) is 9.20. The summed E-state index contributed by atoms with van der Waals surface area (Å²) in [4.78, 5) is 0. The molecule has 0 amide bonds. The Kier molecular flexibility index (Phi) is 4.63. The van der Waals surface area contributed by atoms with E-state index in [-0.39, 0.29) is 0 Å². The highest BCUT2D eigenvalue weighted by Gasteiger charge is 2.06. The highest BCUT2D eigenvalue weighted by molar-refractivity contribution is 5.22. The lowest BCUT2D eigenvalue weighted by molar-refractivity contribution is 0.653. The highest BCUT2D eigenvalue weighted by atomic mass is 15.3. The van der Waals surface area contributed by atoms with Crippen molar-refractivity contribution >= 4 is 0 Å². The minimum Gasteiger partial charge on any atom is -0.311 e. The molecular weight excluding hydrogens is 238 g/mol. The zero-order valence-corrected chi connectivity index (χ0v) is 11.8. The Morgan fingerprint density at radius 3 is 2.63 bits per heavy atom. The number of nitrogens with zero attached hydrogens (tertiary/aromatic N) is 4. The molecule has 5 heteroatoms. The van der Waals surface area contributed by atoms with Crippen molar-refractivity contribution in [1.29, 1.82) is 0 Å². The van der Waals surface area contributed by atoms with Gasteiger partial charge >= 0.3 is 0 Å². The number of nitrogens with one attached hydrogen (secondary N) is 1. The molecule has 0 fully saturated rings. The van der Waals surface area contributed by atoms with E-state index >= 15 is 0 Å². The van der Waals surface area contributed by atoms with Crippen molar-refractivity contribution in [3.63, 3.8) is 0 Å². The molecule has 2 heterocycles. The second-order valence-electron chi connectivity index (χ2n) is 4.90. The maximum Gasteiger partial charge on any atom is 0.175 e. The molecule has 0 saturated carbocycles. The fraction of sp³-hybridized carbons (Fsp3) is 0.500. The van der Waals surface area contributed by atoms with Crippen LogP contribution in [0.4, 0.5) is 0 Å². The van der Waals surface area contributed by atoms with Crippen molar-refractivity contribution in [2.45, 2.75) is 39.7 Å². The molecule has 1 N–H and O–H groups in total. The van der Waals surface area contributed by atoms with Crippen LogP contribution in [0, 0.1) is 0 Å². The summed E-state index contributed by atoms with van der Waals surface area (Å²) >= 11 is 0. The van der Waals surface area contributed by atoms with E-state index in [1.54, 1.807) is 4.68 Å². The Morgan fingerprint density at radius 1 is 1.21 bits per heavy atom. The predicted molar refractivity (Wildman–Crippen MR) is 75.2 cm³/mol. The average Bonchev–Trinajstić information content (AvgIpc) is 2.90. The van der Waals surface area contributed by atoms with E-state index in [4.69, 9.17) is 0 Å². The maximum absolute atomic E-state index is 4.48. The summed E-state index contributed by atoms with van der Waals surface area (Å²) in [5, 5.41) is 16.2. The number of hydrogen-bond acceptors (Lipinski definition) is 4. The molecule has 0 aliphatic rings. The normalized spacial score (nSPS) is 11.2. The Labute approximate surface area is 114 Å². The average molecular weight is 259 g/mol. The highest BCUT2D eigenvalue weighted by Crippen LogP contribution is 2.12. The Morgan fingerprint density at radius 2 is 2.05 bits per heavy atom. The molecule has 0 spiro atoms. The smallest absolute Gasteiger partial charge is 0.175 e. The second-order valence-corrected chi connectivity index (χ2v) is 4.90. The lowest BCUT2D eigenvalue weighted by Crippen LogP contribution is -2.15. The largest absolute Gasteiger partial charge is 0.311 e. The molecule has 0 radical (unpaired) electrons. The zero-order valence-electron chi connectivity index (χ0n) is 11.8. The molecule has 0 saturated heterocycles. The van der Waals surface area contributed by atoms with E-state index in [0.29, 0.717) is 5.92 Å². The number of hydrogen-bond donors (Lipinski definition) is 1. The van der Waals surface area contributed by atoms with Gasteiger partial charge in [-0.2, -0.15) is 10.2 Å². The van der Waals surface area contributed by atoms with Crippen LogP contribution in [-0.2, 0) is 6.54 Å². The van der Waals surface area contributed by atoms with Gasteiger partial charge in [-0.3, -0.25) is 0 Å². The number of rotatable bonds is 6. The van der Waals surface area contributed by atoms with Crippen molar-refractivity contribution in [3.8, 4) is 5.82 Å². The summed E-state index contributed by atoms with van der Waals surface area (Å²) in [6.07, 6.45) is 3.05. The van der Waals surface area contributed by atoms with E-state index in [9.17, 15) is 0 Å². The van der Waals surface area contributed by atoms with Crippen molar-refractivity contribution in [3.05, 3.63) is 35.8 Å². The van der Waals surface area contributed by atoms with Gasteiger partial charge in [0.1, 0.15) is 0 Å². The lowest BCUT2D eigenvalue weighted by Gasteiger charge is -2.04. The molecule has 0 aromatic carbocycles. The molecule has 0 aliphatic carbocycles. The minimum atomic E-state index is 0.423. The summed E-state index contributed by atoms with van der Waals surface area (Å²) in [5.41, 5.74) is 2.02. The quantitative estimate of drug-likeness (QED) is 0.809. The molecule has 5 nitrogen and oxygen atoms in total. The summed E-state index contributed by atoms with van der Waals surface area (Å²) in [7, 11) is 0.